The molecular weight excluding hydrogens is 269 g/mol. The van der Waals surface area contributed by atoms with Crippen molar-refractivity contribution in [2.24, 2.45) is 5.92 Å². The first kappa shape index (κ1) is 14.3. The second kappa shape index (κ2) is 6.02. The highest BCUT2D eigenvalue weighted by Gasteiger charge is 2.33. The van der Waals surface area contributed by atoms with E-state index >= 15 is 0 Å². The Hall–Kier alpha value is -1.62. The van der Waals surface area contributed by atoms with Gasteiger partial charge in [-0.15, -0.1) is 0 Å². The van der Waals surface area contributed by atoms with Crippen molar-refractivity contribution in [3.8, 4) is 0 Å². The van der Waals surface area contributed by atoms with Crippen molar-refractivity contribution in [3.05, 3.63) is 24.0 Å². The molecule has 1 amide bonds. The minimum Gasteiger partial charge on any atom is -0.399 e. The molecule has 0 aromatic heterocycles. The van der Waals surface area contributed by atoms with Crippen LogP contribution in [0.25, 0.3) is 0 Å². The lowest BCUT2D eigenvalue weighted by Gasteiger charge is -2.21. The van der Waals surface area contributed by atoms with Crippen LogP contribution >= 0.6 is 0 Å². The molecule has 114 valence electrons. The van der Waals surface area contributed by atoms with Crippen molar-refractivity contribution < 1.29 is 9.18 Å². The number of anilines is 2. The smallest absolute Gasteiger partial charge is 0.225 e. The average Bonchev–Trinajstić information content (AvgIpc) is 3.31. The first-order valence-corrected chi connectivity index (χ1v) is 7.71. The molecule has 3 rings (SSSR count). The van der Waals surface area contributed by atoms with Gasteiger partial charge in [0.2, 0.25) is 5.91 Å². The van der Waals surface area contributed by atoms with Crippen LogP contribution < -0.4 is 11.1 Å². The van der Waals surface area contributed by atoms with E-state index in [1.807, 2.05) is 0 Å². The Labute approximate surface area is 124 Å². The van der Waals surface area contributed by atoms with E-state index in [0.29, 0.717) is 18.2 Å². The molecule has 2 fully saturated rings. The van der Waals surface area contributed by atoms with Crippen molar-refractivity contribution in [2.45, 2.75) is 38.1 Å². The van der Waals surface area contributed by atoms with Gasteiger partial charge < -0.3 is 11.1 Å². The molecule has 3 N–H and O–H groups in total. The van der Waals surface area contributed by atoms with Gasteiger partial charge in [0.15, 0.2) is 0 Å². The second-order valence-corrected chi connectivity index (χ2v) is 6.21. The zero-order chi connectivity index (χ0) is 14.8. The number of amides is 1. The van der Waals surface area contributed by atoms with Crippen molar-refractivity contribution in [2.75, 3.05) is 24.1 Å². The highest BCUT2D eigenvalue weighted by atomic mass is 19.1. The van der Waals surface area contributed by atoms with Crippen molar-refractivity contribution in [1.29, 1.82) is 0 Å². The van der Waals surface area contributed by atoms with Crippen LogP contribution in [0, 0.1) is 11.7 Å². The van der Waals surface area contributed by atoms with Crippen molar-refractivity contribution in [3.63, 3.8) is 0 Å². The third-order valence-corrected chi connectivity index (χ3v) is 4.14. The van der Waals surface area contributed by atoms with E-state index in [4.69, 9.17) is 5.73 Å². The molecule has 1 aromatic rings. The predicted octanol–water partition coefficient (Wildman–Crippen LogP) is 2.61. The van der Waals surface area contributed by atoms with Crippen LogP contribution in [-0.2, 0) is 4.79 Å². The number of nitrogens with one attached hydrogen (secondary N) is 1. The Morgan fingerprint density at radius 2 is 2.10 bits per heavy atom. The third-order valence-electron chi connectivity index (χ3n) is 4.14. The summed E-state index contributed by atoms with van der Waals surface area (Å²) < 4.78 is 13.6. The van der Waals surface area contributed by atoms with Crippen LogP contribution in [0.15, 0.2) is 18.2 Å². The molecule has 0 radical (unpaired) electrons. The Morgan fingerprint density at radius 1 is 1.33 bits per heavy atom. The predicted molar refractivity (Wildman–Crippen MR) is 81.4 cm³/mol. The number of benzene rings is 1. The van der Waals surface area contributed by atoms with E-state index in [2.05, 4.69) is 10.2 Å². The lowest BCUT2D eigenvalue weighted by Crippen LogP contribution is -2.31. The van der Waals surface area contributed by atoms with Crippen LogP contribution in [-0.4, -0.2) is 29.9 Å². The minimum absolute atomic E-state index is 0.152. The maximum Gasteiger partial charge on any atom is 0.225 e. The van der Waals surface area contributed by atoms with E-state index in [0.717, 1.165) is 19.0 Å². The van der Waals surface area contributed by atoms with Gasteiger partial charge in [-0.3, -0.25) is 9.69 Å². The second-order valence-electron chi connectivity index (χ2n) is 6.21. The minimum atomic E-state index is -0.449. The van der Waals surface area contributed by atoms with Gasteiger partial charge in [0.25, 0.3) is 0 Å². The van der Waals surface area contributed by atoms with Crippen LogP contribution in [0.1, 0.15) is 32.1 Å². The van der Waals surface area contributed by atoms with E-state index in [1.165, 1.54) is 43.9 Å². The summed E-state index contributed by atoms with van der Waals surface area (Å²) in [4.78, 5) is 14.4. The van der Waals surface area contributed by atoms with Crippen LogP contribution in [0.2, 0.25) is 0 Å². The molecule has 2 saturated carbocycles. The molecule has 0 heterocycles. The highest BCUT2D eigenvalue weighted by Crippen LogP contribution is 2.34. The molecule has 1 aromatic carbocycles. The number of nitrogen functional groups attached to an aromatic ring is 1. The summed E-state index contributed by atoms with van der Waals surface area (Å²) in [7, 11) is 0. The number of carbonyl (C=O) groups excluding carboxylic acids is 1. The summed E-state index contributed by atoms with van der Waals surface area (Å²) in [6, 6.07) is 4.88. The van der Waals surface area contributed by atoms with E-state index in [1.54, 1.807) is 0 Å². The summed E-state index contributed by atoms with van der Waals surface area (Å²) in [5.74, 6) is 0.232. The van der Waals surface area contributed by atoms with Gasteiger partial charge >= 0.3 is 0 Å². The summed E-state index contributed by atoms with van der Waals surface area (Å²) in [6.45, 7) is 1.88. The molecule has 0 aliphatic heterocycles. The van der Waals surface area contributed by atoms with Gasteiger partial charge in [-0.05, 0) is 49.8 Å². The fraction of sp³-hybridized carbons (Fsp3) is 0.562. The molecule has 21 heavy (non-hydrogen) atoms. The molecule has 5 heteroatoms. The summed E-state index contributed by atoms with van der Waals surface area (Å²) in [5.41, 5.74) is 6.22. The monoisotopic (exact) mass is 291 g/mol. The van der Waals surface area contributed by atoms with E-state index < -0.39 is 5.82 Å². The number of nitrogens with zero attached hydrogens (tertiary/aromatic N) is 1. The molecule has 2 aliphatic rings. The fourth-order valence-corrected chi connectivity index (χ4v) is 2.59. The summed E-state index contributed by atoms with van der Waals surface area (Å²) in [6.07, 6.45) is 5.54. The van der Waals surface area contributed by atoms with Gasteiger partial charge in [-0.1, -0.05) is 0 Å². The maximum absolute atomic E-state index is 13.6. The number of carbonyl (C=O) groups is 1. The Kier molecular flexibility index (Phi) is 4.10. The van der Waals surface area contributed by atoms with Gasteiger partial charge in [0.1, 0.15) is 5.82 Å². The number of nitrogens with two attached hydrogens (primary N) is 1. The fourth-order valence-electron chi connectivity index (χ4n) is 2.59. The Bertz CT molecular complexity index is 526. The third kappa shape index (κ3) is 4.17. The SMILES string of the molecule is Nc1ccc(F)c(NC(=O)CCN(CC2CC2)C2CC2)c1. The summed E-state index contributed by atoms with van der Waals surface area (Å²) >= 11 is 0. The van der Waals surface area contributed by atoms with Gasteiger partial charge in [-0.2, -0.15) is 0 Å². The number of rotatable bonds is 7. The standard InChI is InChI=1S/C16H22FN3O/c17-14-6-3-12(18)9-15(14)19-16(21)7-8-20(13-4-5-13)10-11-1-2-11/h3,6,9,11,13H,1-2,4-5,7-8,10,18H2,(H,19,21). The van der Waals surface area contributed by atoms with Crippen molar-refractivity contribution in [1.82, 2.24) is 4.90 Å². The first-order valence-electron chi connectivity index (χ1n) is 7.71. The molecule has 0 atom stereocenters. The maximum atomic E-state index is 13.6. The van der Waals surface area contributed by atoms with Crippen LogP contribution in [0.5, 0.6) is 0 Å². The Balaban J connectivity index is 1.49. The van der Waals surface area contributed by atoms with Gasteiger partial charge in [-0.25, -0.2) is 4.39 Å². The zero-order valence-corrected chi connectivity index (χ0v) is 12.1. The number of hydrogen-bond acceptors (Lipinski definition) is 3. The normalized spacial score (nSPS) is 18.0. The first-order chi connectivity index (χ1) is 10.1. The van der Waals surface area contributed by atoms with Crippen molar-refractivity contribution >= 4 is 17.3 Å². The van der Waals surface area contributed by atoms with E-state index in [9.17, 15) is 9.18 Å². The van der Waals surface area contributed by atoms with Crippen LogP contribution in [0.3, 0.4) is 0 Å². The molecular formula is C16H22FN3O. The molecule has 0 spiro atoms. The number of halogens is 1. The molecule has 4 nitrogen and oxygen atoms in total. The molecule has 0 saturated heterocycles. The highest BCUT2D eigenvalue weighted by molar-refractivity contribution is 5.91. The van der Waals surface area contributed by atoms with Crippen LogP contribution in [0.4, 0.5) is 15.8 Å². The number of hydrogen-bond donors (Lipinski definition) is 2. The molecule has 2 aliphatic carbocycles. The zero-order valence-electron chi connectivity index (χ0n) is 12.1. The molecule has 0 bridgehead atoms. The average molecular weight is 291 g/mol. The quantitative estimate of drug-likeness (QED) is 0.759. The van der Waals surface area contributed by atoms with E-state index in [-0.39, 0.29) is 11.6 Å². The molecule has 0 unspecified atom stereocenters. The summed E-state index contributed by atoms with van der Waals surface area (Å²) in [5, 5.41) is 2.61. The Morgan fingerprint density at radius 3 is 2.76 bits per heavy atom. The van der Waals surface area contributed by atoms with Gasteiger partial charge in [0, 0.05) is 31.2 Å². The lowest BCUT2D eigenvalue weighted by atomic mass is 10.2. The van der Waals surface area contributed by atoms with Gasteiger partial charge in [0.05, 0.1) is 5.69 Å². The topological polar surface area (TPSA) is 58.4 Å². The lowest BCUT2D eigenvalue weighted by molar-refractivity contribution is -0.116. The largest absolute Gasteiger partial charge is 0.399 e.